The molecule has 0 aromatic carbocycles. The van der Waals surface area contributed by atoms with Gasteiger partial charge in [0.15, 0.2) is 5.96 Å². The minimum Gasteiger partial charge on any atom is -0.370 e. The number of hydrogen-bond acceptors (Lipinski definition) is 1. The Balaban J connectivity index is 3.65. The van der Waals surface area contributed by atoms with Crippen LogP contribution < -0.4 is 11.1 Å². The van der Waals surface area contributed by atoms with Gasteiger partial charge in [-0.05, 0) is 27.2 Å². The van der Waals surface area contributed by atoms with Gasteiger partial charge in [-0.3, -0.25) is 4.99 Å². The molecule has 15 heavy (non-hydrogen) atoms. The highest BCUT2D eigenvalue weighted by Crippen LogP contribution is 2.07. The van der Waals surface area contributed by atoms with Crippen LogP contribution in [-0.4, -0.2) is 18.0 Å². The van der Waals surface area contributed by atoms with Crippen LogP contribution in [0, 0.1) is 0 Å². The molecule has 0 aromatic heterocycles. The van der Waals surface area contributed by atoms with Gasteiger partial charge in [-0.15, -0.1) is 0 Å². The van der Waals surface area contributed by atoms with Gasteiger partial charge in [0.05, 0.1) is 6.04 Å². The maximum Gasteiger partial charge on any atom is 0.189 e. The Hall–Kier alpha value is -0.730. The smallest absolute Gasteiger partial charge is 0.189 e. The average molecular weight is 213 g/mol. The summed E-state index contributed by atoms with van der Waals surface area (Å²) in [7, 11) is 0. The first-order valence-electron chi connectivity index (χ1n) is 6.16. The molecule has 0 aliphatic heterocycles. The van der Waals surface area contributed by atoms with Crippen molar-refractivity contribution in [3.05, 3.63) is 0 Å². The normalized spacial score (nSPS) is 14.3. The van der Waals surface area contributed by atoms with Gasteiger partial charge in [0.25, 0.3) is 0 Å². The molecular weight excluding hydrogens is 186 g/mol. The zero-order chi connectivity index (χ0) is 11.7. The van der Waals surface area contributed by atoms with Crippen molar-refractivity contribution in [2.24, 2.45) is 10.7 Å². The summed E-state index contributed by atoms with van der Waals surface area (Å²) >= 11 is 0. The molecule has 90 valence electrons. The van der Waals surface area contributed by atoms with Gasteiger partial charge in [-0.2, -0.15) is 0 Å². The fraction of sp³-hybridized carbons (Fsp3) is 0.917. The van der Waals surface area contributed by atoms with Crippen molar-refractivity contribution in [1.82, 2.24) is 5.32 Å². The van der Waals surface area contributed by atoms with E-state index in [1.165, 1.54) is 25.7 Å². The molecule has 3 N–H and O–H groups in total. The Morgan fingerprint density at radius 3 is 2.40 bits per heavy atom. The monoisotopic (exact) mass is 213 g/mol. The first-order chi connectivity index (χ1) is 7.06. The number of aliphatic imine (C=N–C) groups is 1. The third-order valence-electron chi connectivity index (χ3n) is 2.27. The first-order valence-corrected chi connectivity index (χ1v) is 6.16. The quantitative estimate of drug-likeness (QED) is 0.388. The van der Waals surface area contributed by atoms with Crippen LogP contribution in [0.15, 0.2) is 4.99 Å². The second-order valence-corrected chi connectivity index (χ2v) is 4.51. The highest BCUT2D eigenvalue weighted by molar-refractivity contribution is 5.78. The summed E-state index contributed by atoms with van der Waals surface area (Å²) in [5, 5.41) is 3.10. The third kappa shape index (κ3) is 9.57. The van der Waals surface area contributed by atoms with Crippen molar-refractivity contribution in [2.45, 2.75) is 71.9 Å². The van der Waals surface area contributed by atoms with Gasteiger partial charge in [0.1, 0.15) is 0 Å². The van der Waals surface area contributed by atoms with E-state index >= 15 is 0 Å². The molecule has 3 nitrogen and oxygen atoms in total. The Morgan fingerprint density at radius 1 is 1.20 bits per heavy atom. The molecule has 0 amide bonds. The summed E-state index contributed by atoms with van der Waals surface area (Å²) in [6.07, 6.45) is 6.33. The first kappa shape index (κ1) is 14.3. The van der Waals surface area contributed by atoms with Gasteiger partial charge < -0.3 is 11.1 Å². The second kappa shape index (κ2) is 8.57. The largest absolute Gasteiger partial charge is 0.370 e. The van der Waals surface area contributed by atoms with Crippen molar-refractivity contribution in [2.75, 3.05) is 0 Å². The highest BCUT2D eigenvalue weighted by Gasteiger charge is 2.01. The number of rotatable bonds is 7. The number of unbranched alkanes of at least 4 members (excludes halogenated alkanes) is 3. The lowest BCUT2D eigenvalue weighted by Crippen LogP contribution is -2.37. The predicted molar refractivity (Wildman–Crippen MR) is 68.1 cm³/mol. The molecule has 0 heterocycles. The molecule has 0 radical (unpaired) electrons. The fourth-order valence-corrected chi connectivity index (χ4v) is 1.50. The molecule has 0 aliphatic rings. The number of hydrogen-bond donors (Lipinski definition) is 2. The molecule has 0 saturated carbocycles. The van der Waals surface area contributed by atoms with E-state index in [-0.39, 0.29) is 0 Å². The molecule has 0 fully saturated rings. The fourth-order valence-electron chi connectivity index (χ4n) is 1.50. The molecule has 0 saturated heterocycles. The van der Waals surface area contributed by atoms with E-state index in [2.05, 4.69) is 38.0 Å². The zero-order valence-electron chi connectivity index (χ0n) is 10.7. The molecule has 1 unspecified atom stereocenters. The second-order valence-electron chi connectivity index (χ2n) is 4.51. The molecule has 0 rings (SSSR count). The van der Waals surface area contributed by atoms with Gasteiger partial charge in [0.2, 0.25) is 0 Å². The third-order valence-corrected chi connectivity index (χ3v) is 2.27. The number of nitrogens with zero attached hydrogens (tertiary/aromatic N) is 1. The van der Waals surface area contributed by atoms with E-state index in [1.54, 1.807) is 0 Å². The van der Waals surface area contributed by atoms with Crippen molar-refractivity contribution in [3.8, 4) is 0 Å². The minimum atomic E-state index is 0.341. The van der Waals surface area contributed by atoms with Crippen LogP contribution in [0.25, 0.3) is 0 Å². The van der Waals surface area contributed by atoms with Crippen LogP contribution in [0.1, 0.15) is 59.8 Å². The van der Waals surface area contributed by atoms with Crippen molar-refractivity contribution in [1.29, 1.82) is 0 Å². The van der Waals surface area contributed by atoms with Crippen molar-refractivity contribution < 1.29 is 0 Å². The summed E-state index contributed by atoms with van der Waals surface area (Å²) in [5.74, 6) is 0.577. The van der Waals surface area contributed by atoms with Crippen LogP contribution in [0.4, 0.5) is 0 Å². The summed E-state index contributed by atoms with van der Waals surface area (Å²) in [5.41, 5.74) is 5.74. The van der Waals surface area contributed by atoms with Gasteiger partial charge in [0, 0.05) is 6.04 Å². The van der Waals surface area contributed by atoms with Gasteiger partial charge >= 0.3 is 0 Å². The standard InChI is InChI=1S/C12H27N3/c1-5-6-7-8-9-11(4)15-12(13)14-10(2)3/h10-11H,5-9H2,1-4H3,(H3,13,14,15). The van der Waals surface area contributed by atoms with E-state index in [0.717, 1.165) is 6.42 Å². The number of nitrogens with one attached hydrogen (secondary N) is 1. The molecule has 0 spiro atoms. The van der Waals surface area contributed by atoms with Crippen molar-refractivity contribution >= 4 is 5.96 Å². The molecule has 3 heteroatoms. The lowest BCUT2D eigenvalue weighted by molar-refractivity contribution is 0.573. The Labute approximate surface area is 94.5 Å². The SMILES string of the molecule is CCCCCCC(C)N=C(N)NC(C)C. The average Bonchev–Trinajstić information content (AvgIpc) is 2.10. The molecule has 1 atom stereocenters. The summed E-state index contributed by atoms with van der Waals surface area (Å²) < 4.78 is 0. The molecule has 0 bridgehead atoms. The zero-order valence-corrected chi connectivity index (χ0v) is 10.7. The lowest BCUT2D eigenvalue weighted by atomic mass is 10.1. The van der Waals surface area contributed by atoms with Crippen LogP contribution in [-0.2, 0) is 0 Å². The Morgan fingerprint density at radius 2 is 1.87 bits per heavy atom. The van der Waals surface area contributed by atoms with Crippen LogP contribution in [0.5, 0.6) is 0 Å². The van der Waals surface area contributed by atoms with Crippen LogP contribution in [0.3, 0.4) is 0 Å². The van der Waals surface area contributed by atoms with Crippen LogP contribution in [0.2, 0.25) is 0 Å². The number of nitrogens with two attached hydrogens (primary N) is 1. The predicted octanol–water partition coefficient (Wildman–Crippen LogP) is 2.66. The number of guanidine groups is 1. The minimum absolute atomic E-state index is 0.341. The van der Waals surface area contributed by atoms with Crippen molar-refractivity contribution in [3.63, 3.8) is 0 Å². The van der Waals surface area contributed by atoms with E-state index < -0.39 is 0 Å². The molecule has 0 aromatic rings. The maximum atomic E-state index is 5.74. The summed E-state index contributed by atoms with van der Waals surface area (Å²) in [6.45, 7) is 8.48. The molecular formula is C12H27N3. The van der Waals surface area contributed by atoms with E-state index in [9.17, 15) is 0 Å². The summed E-state index contributed by atoms with van der Waals surface area (Å²) in [6, 6.07) is 0.703. The van der Waals surface area contributed by atoms with E-state index in [0.29, 0.717) is 18.0 Å². The van der Waals surface area contributed by atoms with Gasteiger partial charge in [-0.25, -0.2) is 0 Å². The van der Waals surface area contributed by atoms with E-state index in [4.69, 9.17) is 5.73 Å². The Kier molecular flexibility index (Phi) is 8.15. The van der Waals surface area contributed by atoms with Gasteiger partial charge in [-0.1, -0.05) is 32.6 Å². The molecule has 0 aliphatic carbocycles. The Bertz CT molecular complexity index is 176. The lowest BCUT2D eigenvalue weighted by Gasteiger charge is -2.11. The topological polar surface area (TPSA) is 50.4 Å². The highest BCUT2D eigenvalue weighted by atomic mass is 15.1. The van der Waals surface area contributed by atoms with E-state index in [1.807, 2.05) is 0 Å². The van der Waals surface area contributed by atoms with Crippen LogP contribution >= 0.6 is 0 Å². The summed E-state index contributed by atoms with van der Waals surface area (Å²) in [4.78, 5) is 4.40. The maximum absolute atomic E-state index is 5.74.